The van der Waals surface area contributed by atoms with E-state index in [0.717, 1.165) is 0 Å². The number of carbonyl (C=O) groups is 2. The summed E-state index contributed by atoms with van der Waals surface area (Å²) in [5.41, 5.74) is 1.13. The molecule has 0 saturated carbocycles. The van der Waals surface area contributed by atoms with Gasteiger partial charge in [-0.05, 0) is 31.2 Å². The van der Waals surface area contributed by atoms with Gasteiger partial charge in [0, 0.05) is 18.8 Å². The van der Waals surface area contributed by atoms with E-state index in [9.17, 15) is 9.59 Å². The van der Waals surface area contributed by atoms with Crippen LogP contribution in [-0.4, -0.2) is 29.9 Å². The summed E-state index contributed by atoms with van der Waals surface area (Å²) in [6, 6.07) is 5.93. The zero-order valence-electron chi connectivity index (χ0n) is 14.4. The Kier molecular flexibility index (Phi) is 6.65. The topological polar surface area (TPSA) is 92.4 Å². The molecule has 1 aromatic heterocycles. The number of rotatable bonds is 6. The average molecular weight is 397 g/mol. The molecule has 3 N–H and O–H groups in total. The fourth-order valence-electron chi connectivity index (χ4n) is 2.13. The van der Waals surface area contributed by atoms with Crippen LogP contribution >= 0.6 is 23.2 Å². The molecular formula is C17H18Cl2N4O3. The lowest BCUT2D eigenvalue weighted by molar-refractivity contribution is -0.116. The normalized spacial score (nSPS) is 11.4. The Morgan fingerprint density at radius 1 is 1.19 bits per heavy atom. The summed E-state index contributed by atoms with van der Waals surface area (Å²) in [6.07, 6.45) is 1.39. The SMILES string of the molecule is COc1ccc(NC(C)=O)cc1NC(C)C(=O)Nc1ncc(Cl)cc1Cl. The van der Waals surface area contributed by atoms with Crippen LogP contribution in [0.3, 0.4) is 0 Å². The molecule has 0 aliphatic carbocycles. The zero-order valence-corrected chi connectivity index (χ0v) is 15.9. The minimum atomic E-state index is -0.634. The number of aromatic nitrogens is 1. The minimum absolute atomic E-state index is 0.199. The molecular weight excluding hydrogens is 379 g/mol. The number of nitrogens with one attached hydrogen (secondary N) is 3. The van der Waals surface area contributed by atoms with Crippen LogP contribution in [0.15, 0.2) is 30.5 Å². The number of carbonyl (C=O) groups excluding carboxylic acids is 2. The highest BCUT2D eigenvalue weighted by molar-refractivity contribution is 6.36. The monoisotopic (exact) mass is 396 g/mol. The highest BCUT2D eigenvalue weighted by Gasteiger charge is 2.17. The Labute approximate surface area is 161 Å². The first kappa shape index (κ1) is 19.8. The Balaban J connectivity index is 2.13. The summed E-state index contributed by atoms with van der Waals surface area (Å²) in [6.45, 7) is 3.08. The van der Waals surface area contributed by atoms with Crippen molar-refractivity contribution in [1.82, 2.24) is 4.98 Å². The summed E-state index contributed by atoms with van der Waals surface area (Å²) in [5.74, 6) is 0.194. The summed E-state index contributed by atoms with van der Waals surface area (Å²) in [7, 11) is 1.51. The number of nitrogens with zero attached hydrogens (tertiary/aromatic N) is 1. The van der Waals surface area contributed by atoms with Crippen LogP contribution in [0.4, 0.5) is 17.2 Å². The maximum atomic E-state index is 12.4. The summed E-state index contributed by atoms with van der Waals surface area (Å²) >= 11 is 11.8. The molecule has 0 fully saturated rings. The third kappa shape index (κ3) is 5.24. The van der Waals surface area contributed by atoms with Crippen LogP contribution in [0.2, 0.25) is 10.0 Å². The summed E-state index contributed by atoms with van der Waals surface area (Å²) in [4.78, 5) is 27.6. The molecule has 7 nitrogen and oxygen atoms in total. The number of anilines is 3. The van der Waals surface area contributed by atoms with Gasteiger partial charge in [-0.2, -0.15) is 0 Å². The number of hydrogen-bond acceptors (Lipinski definition) is 5. The molecule has 0 bridgehead atoms. The van der Waals surface area contributed by atoms with Crippen molar-refractivity contribution in [1.29, 1.82) is 0 Å². The first-order chi connectivity index (χ1) is 12.3. The zero-order chi connectivity index (χ0) is 19.3. The molecule has 9 heteroatoms. The van der Waals surface area contributed by atoms with Gasteiger partial charge in [-0.25, -0.2) is 4.98 Å². The third-order valence-corrected chi connectivity index (χ3v) is 3.83. The molecule has 1 unspecified atom stereocenters. The lowest BCUT2D eigenvalue weighted by Gasteiger charge is -2.18. The van der Waals surface area contributed by atoms with E-state index in [4.69, 9.17) is 27.9 Å². The van der Waals surface area contributed by atoms with Gasteiger partial charge in [0.2, 0.25) is 11.8 Å². The number of benzene rings is 1. The predicted molar refractivity (Wildman–Crippen MR) is 103 cm³/mol. The fourth-order valence-corrected chi connectivity index (χ4v) is 2.56. The molecule has 0 saturated heterocycles. The molecule has 2 aromatic rings. The van der Waals surface area contributed by atoms with Gasteiger partial charge >= 0.3 is 0 Å². The van der Waals surface area contributed by atoms with E-state index < -0.39 is 6.04 Å². The van der Waals surface area contributed by atoms with Gasteiger partial charge in [-0.1, -0.05) is 23.2 Å². The fraction of sp³-hybridized carbons (Fsp3) is 0.235. The predicted octanol–water partition coefficient (Wildman–Crippen LogP) is 3.79. The number of ether oxygens (including phenoxy) is 1. The van der Waals surface area contributed by atoms with Crippen molar-refractivity contribution in [2.45, 2.75) is 19.9 Å². The van der Waals surface area contributed by atoms with Crippen LogP contribution in [0.25, 0.3) is 0 Å². The number of pyridine rings is 1. The Bertz CT molecular complexity index is 830. The van der Waals surface area contributed by atoms with E-state index in [-0.39, 0.29) is 22.7 Å². The standard InChI is InChI=1S/C17H18Cl2N4O3/c1-9(17(25)23-16-13(19)6-11(18)8-20-16)21-14-7-12(22-10(2)24)4-5-15(14)26-3/h4-9,21H,1-3H3,(H,22,24)(H,20,23,25). The lowest BCUT2D eigenvalue weighted by atomic mass is 10.2. The number of halogens is 2. The molecule has 2 rings (SSSR count). The summed E-state index contributed by atoms with van der Waals surface area (Å²) in [5, 5.41) is 8.96. The van der Waals surface area contributed by atoms with Gasteiger partial charge in [-0.15, -0.1) is 0 Å². The van der Waals surface area contributed by atoms with Gasteiger partial charge in [0.25, 0.3) is 0 Å². The van der Waals surface area contributed by atoms with Crippen LogP contribution in [0.5, 0.6) is 5.75 Å². The minimum Gasteiger partial charge on any atom is -0.495 e. The highest BCUT2D eigenvalue weighted by atomic mass is 35.5. The van der Waals surface area contributed by atoms with Gasteiger partial charge in [0.15, 0.2) is 5.82 Å². The van der Waals surface area contributed by atoms with Crippen LogP contribution < -0.4 is 20.7 Å². The number of methoxy groups -OCH3 is 1. The molecule has 0 spiro atoms. The maximum Gasteiger partial charge on any atom is 0.247 e. The van der Waals surface area contributed by atoms with E-state index in [1.165, 1.54) is 26.3 Å². The van der Waals surface area contributed by atoms with E-state index in [0.29, 0.717) is 22.1 Å². The Hall–Kier alpha value is -2.51. The number of amides is 2. The molecule has 1 heterocycles. The average Bonchev–Trinajstić information content (AvgIpc) is 2.57. The van der Waals surface area contributed by atoms with Crippen molar-refractivity contribution < 1.29 is 14.3 Å². The quantitative estimate of drug-likeness (QED) is 0.690. The van der Waals surface area contributed by atoms with Crippen LogP contribution in [0.1, 0.15) is 13.8 Å². The van der Waals surface area contributed by atoms with Crippen molar-refractivity contribution in [3.05, 3.63) is 40.5 Å². The van der Waals surface area contributed by atoms with Crippen molar-refractivity contribution in [2.24, 2.45) is 0 Å². The van der Waals surface area contributed by atoms with E-state index in [1.807, 2.05) is 0 Å². The maximum absolute atomic E-state index is 12.4. The largest absolute Gasteiger partial charge is 0.495 e. The van der Waals surface area contributed by atoms with Crippen molar-refractivity contribution in [3.8, 4) is 5.75 Å². The molecule has 0 radical (unpaired) electrons. The van der Waals surface area contributed by atoms with Crippen molar-refractivity contribution >= 4 is 52.2 Å². The van der Waals surface area contributed by atoms with Crippen LogP contribution in [-0.2, 0) is 9.59 Å². The van der Waals surface area contributed by atoms with Crippen molar-refractivity contribution in [3.63, 3.8) is 0 Å². The Morgan fingerprint density at radius 3 is 2.54 bits per heavy atom. The second-order valence-electron chi connectivity index (χ2n) is 5.44. The third-order valence-electron chi connectivity index (χ3n) is 3.33. The molecule has 26 heavy (non-hydrogen) atoms. The molecule has 2 amide bonds. The second kappa shape index (κ2) is 8.73. The molecule has 0 aliphatic heterocycles. The van der Waals surface area contributed by atoms with Crippen molar-refractivity contribution in [2.75, 3.05) is 23.1 Å². The van der Waals surface area contributed by atoms with Crippen LogP contribution in [0, 0.1) is 0 Å². The van der Waals surface area contributed by atoms with Gasteiger partial charge in [0.1, 0.15) is 11.8 Å². The van der Waals surface area contributed by atoms with E-state index >= 15 is 0 Å². The van der Waals surface area contributed by atoms with Gasteiger partial charge in [0.05, 0.1) is 22.8 Å². The summed E-state index contributed by atoms with van der Waals surface area (Å²) < 4.78 is 5.28. The van der Waals surface area contributed by atoms with Gasteiger partial charge < -0.3 is 20.7 Å². The van der Waals surface area contributed by atoms with Gasteiger partial charge in [-0.3, -0.25) is 9.59 Å². The highest BCUT2D eigenvalue weighted by Crippen LogP contribution is 2.29. The van der Waals surface area contributed by atoms with E-state index in [1.54, 1.807) is 25.1 Å². The molecule has 1 aromatic carbocycles. The lowest BCUT2D eigenvalue weighted by Crippen LogP contribution is -2.32. The smallest absolute Gasteiger partial charge is 0.247 e. The second-order valence-corrected chi connectivity index (χ2v) is 6.28. The first-order valence-corrected chi connectivity index (χ1v) is 8.40. The van der Waals surface area contributed by atoms with E-state index in [2.05, 4.69) is 20.9 Å². The Morgan fingerprint density at radius 2 is 1.92 bits per heavy atom. The molecule has 0 aliphatic rings. The molecule has 1 atom stereocenters. The molecule has 138 valence electrons. The first-order valence-electron chi connectivity index (χ1n) is 7.64. The number of hydrogen-bond donors (Lipinski definition) is 3.